The molecular weight excluding hydrogens is 242 g/mol. The Balaban J connectivity index is 1.95. The van der Waals surface area contributed by atoms with Gasteiger partial charge in [0.05, 0.1) is 13.2 Å². The summed E-state index contributed by atoms with van der Waals surface area (Å²) in [5.74, 6) is 1.58. The molecule has 1 aliphatic rings. The number of hydrogen-bond acceptors (Lipinski definition) is 4. The third-order valence-corrected chi connectivity index (χ3v) is 3.04. The van der Waals surface area contributed by atoms with E-state index >= 15 is 0 Å². The predicted octanol–water partition coefficient (Wildman–Crippen LogP) is 2.20. The highest BCUT2D eigenvalue weighted by molar-refractivity contribution is 5.80. The topological polar surface area (TPSA) is 51.0 Å². The van der Waals surface area contributed by atoms with Crippen molar-refractivity contribution in [3.05, 3.63) is 29.8 Å². The SMILES string of the molecule is CCCOc1ccc(CC2=N[C@](C)(CO)CO2)cc1. The standard InChI is InChI=1S/C15H21NO3/c1-3-8-18-13-6-4-12(5-7-13)9-14-16-15(2,10-17)11-19-14/h4-7,17H,3,8-11H2,1-2H3/t15-/m1/s1. The normalized spacial score (nSPS) is 21.9. The first-order valence-corrected chi connectivity index (χ1v) is 6.69. The Labute approximate surface area is 114 Å². The molecule has 1 aliphatic heterocycles. The molecule has 1 N–H and O–H groups in total. The zero-order chi connectivity index (χ0) is 13.7. The van der Waals surface area contributed by atoms with Crippen molar-refractivity contribution in [1.29, 1.82) is 0 Å². The zero-order valence-electron chi connectivity index (χ0n) is 11.6. The fourth-order valence-electron chi connectivity index (χ4n) is 1.87. The van der Waals surface area contributed by atoms with Crippen LogP contribution < -0.4 is 4.74 Å². The zero-order valence-corrected chi connectivity index (χ0v) is 11.6. The Morgan fingerprint density at radius 2 is 2.11 bits per heavy atom. The van der Waals surface area contributed by atoms with Crippen LogP contribution in [0.4, 0.5) is 0 Å². The number of aliphatic imine (C=N–C) groups is 1. The lowest BCUT2D eigenvalue weighted by molar-refractivity contribution is 0.169. The van der Waals surface area contributed by atoms with Gasteiger partial charge in [-0.3, -0.25) is 0 Å². The van der Waals surface area contributed by atoms with E-state index in [0.29, 0.717) is 18.9 Å². The van der Waals surface area contributed by atoms with E-state index < -0.39 is 5.54 Å². The second-order valence-corrected chi connectivity index (χ2v) is 5.12. The van der Waals surface area contributed by atoms with Gasteiger partial charge in [0.15, 0.2) is 5.90 Å². The average Bonchev–Trinajstić information content (AvgIpc) is 2.80. The number of aliphatic hydroxyl groups is 1. The van der Waals surface area contributed by atoms with Crippen LogP contribution in [0.3, 0.4) is 0 Å². The van der Waals surface area contributed by atoms with Crippen molar-refractivity contribution in [2.24, 2.45) is 4.99 Å². The molecular formula is C15H21NO3. The van der Waals surface area contributed by atoms with E-state index in [4.69, 9.17) is 9.47 Å². The van der Waals surface area contributed by atoms with E-state index in [1.165, 1.54) is 0 Å². The molecule has 1 aromatic carbocycles. The fourth-order valence-corrected chi connectivity index (χ4v) is 1.87. The third kappa shape index (κ3) is 3.70. The first-order chi connectivity index (χ1) is 9.15. The summed E-state index contributed by atoms with van der Waals surface area (Å²) in [4.78, 5) is 4.42. The van der Waals surface area contributed by atoms with Crippen LogP contribution in [0.1, 0.15) is 25.8 Å². The number of benzene rings is 1. The summed E-state index contributed by atoms with van der Waals surface area (Å²) >= 11 is 0. The molecule has 0 spiro atoms. The molecule has 0 aliphatic carbocycles. The van der Waals surface area contributed by atoms with Gasteiger partial charge in [0.25, 0.3) is 0 Å². The van der Waals surface area contributed by atoms with E-state index in [2.05, 4.69) is 11.9 Å². The number of rotatable bonds is 6. The van der Waals surface area contributed by atoms with E-state index in [9.17, 15) is 5.11 Å². The van der Waals surface area contributed by atoms with Crippen LogP contribution in [-0.2, 0) is 11.2 Å². The van der Waals surface area contributed by atoms with Crippen LogP contribution in [0.25, 0.3) is 0 Å². The summed E-state index contributed by atoms with van der Waals surface area (Å²) in [5, 5.41) is 9.22. The maximum atomic E-state index is 9.22. The minimum Gasteiger partial charge on any atom is -0.494 e. The van der Waals surface area contributed by atoms with Crippen molar-refractivity contribution in [3.8, 4) is 5.75 Å². The number of ether oxygens (including phenoxy) is 2. The van der Waals surface area contributed by atoms with Crippen molar-refractivity contribution in [2.75, 3.05) is 19.8 Å². The molecule has 0 unspecified atom stereocenters. The van der Waals surface area contributed by atoms with Gasteiger partial charge in [0.1, 0.15) is 17.9 Å². The monoisotopic (exact) mass is 263 g/mol. The Morgan fingerprint density at radius 3 is 2.68 bits per heavy atom. The lowest BCUT2D eigenvalue weighted by atomic mass is 10.1. The van der Waals surface area contributed by atoms with E-state index in [0.717, 1.165) is 24.3 Å². The number of hydrogen-bond donors (Lipinski definition) is 1. The second-order valence-electron chi connectivity index (χ2n) is 5.12. The summed E-state index contributed by atoms with van der Waals surface area (Å²) in [6, 6.07) is 7.97. The highest BCUT2D eigenvalue weighted by atomic mass is 16.5. The van der Waals surface area contributed by atoms with Gasteiger partial charge < -0.3 is 14.6 Å². The van der Waals surface area contributed by atoms with Crippen LogP contribution in [0.15, 0.2) is 29.3 Å². The Bertz CT molecular complexity index is 441. The maximum absolute atomic E-state index is 9.22. The fraction of sp³-hybridized carbons (Fsp3) is 0.533. The smallest absolute Gasteiger partial charge is 0.188 e. The Kier molecular flexibility index (Phi) is 4.43. The molecule has 104 valence electrons. The molecule has 0 amide bonds. The average molecular weight is 263 g/mol. The molecule has 4 heteroatoms. The van der Waals surface area contributed by atoms with Gasteiger partial charge in [-0.2, -0.15) is 0 Å². The van der Waals surface area contributed by atoms with Crippen LogP contribution in [0.2, 0.25) is 0 Å². The first-order valence-electron chi connectivity index (χ1n) is 6.69. The largest absolute Gasteiger partial charge is 0.494 e. The van der Waals surface area contributed by atoms with Gasteiger partial charge in [0, 0.05) is 6.42 Å². The molecule has 4 nitrogen and oxygen atoms in total. The maximum Gasteiger partial charge on any atom is 0.188 e. The molecule has 2 rings (SSSR count). The van der Waals surface area contributed by atoms with Gasteiger partial charge in [-0.05, 0) is 31.0 Å². The third-order valence-electron chi connectivity index (χ3n) is 3.04. The number of nitrogens with zero attached hydrogens (tertiary/aromatic N) is 1. The molecule has 0 fully saturated rings. The summed E-state index contributed by atoms with van der Waals surface area (Å²) in [6.45, 7) is 5.19. The lowest BCUT2D eigenvalue weighted by Gasteiger charge is -2.12. The van der Waals surface area contributed by atoms with Crippen molar-refractivity contribution in [2.45, 2.75) is 32.2 Å². The molecule has 0 bridgehead atoms. The van der Waals surface area contributed by atoms with Gasteiger partial charge in [-0.25, -0.2) is 4.99 Å². The lowest BCUT2D eigenvalue weighted by Crippen LogP contribution is -2.28. The molecule has 19 heavy (non-hydrogen) atoms. The van der Waals surface area contributed by atoms with Crippen LogP contribution in [0.5, 0.6) is 5.75 Å². The van der Waals surface area contributed by atoms with Gasteiger partial charge in [-0.1, -0.05) is 19.1 Å². The van der Waals surface area contributed by atoms with Gasteiger partial charge in [-0.15, -0.1) is 0 Å². The van der Waals surface area contributed by atoms with Gasteiger partial charge >= 0.3 is 0 Å². The molecule has 0 saturated carbocycles. The van der Waals surface area contributed by atoms with Crippen molar-refractivity contribution in [1.82, 2.24) is 0 Å². The van der Waals surface area contributed by atoms with Crippen LogP contribution in [-0.4, -0.2) is 36.4 Å². The summed E-state index contributed by atoms with van der Waals surface area (Å²) in [7, 11) is 0. The predicted molar refractivity (Wildman–Crippen MR) is 74.8 cm³/mol. The summed E-state index contributed by atoms with van der Waals surface area (Å²) in [6.07, 6.45) is 1.66. The van der Waals surface area contributed by atoms with E-state index in [-0.39, 0.29) is 6.61 Å². The summed E-state index contributed by atoms with van der Waals surface area (Å²) < 4.78 is 11.1. The molecule has 0 saturated heterocycles. The molecule has 1 heterocycles. The second kappa shape index (κ2) is 6.06. The van der Waals surface area contributed by atoms with Crippen molar-refractivity contribution < 1.29 is 14.6 Å². The van der Waals surface area contributed by atoms with Crippen LogP contribution >= 0.6 is 0 Å². The Hall–Kier alpha value is -1.55. The first kappa shape index (κ1) is 13.9. The highest BCUT2D eigenvalue weighted by Crippen LogP contribution is 2.20. The quantitative estimate of drug-likeness (QED) is 0.856. The molecule has 0 radical (unpaired) electrons. The van der Waals surface area contributed by atoms with Crippen molar-refractivity contribution >= 4 is 5.90 Å². The van der Waals surface area contributed by atoms with E-state index in [1.807, 2.05) is 31.2 Å². The van der Waals surface area contributed by atoms with Crippen LogP contribution in [0, 0.1) is 0 Å². The summed E-state index contributed by atoms with van der Waals surface area (Å²) in [5.41, 5.74) is 0.657. The minimum absolute atomic E-state index is 0.0142. The van der Waals surface area contributed by atoms with E-state index in [1.54, 1.807) is 0 Å². The Morgan fingerprint density at radius 1 is 1.37 bits per heavy atom. The number of aliphatic hydroxyl groups excluding tert-OH is 1. The van der Waals surface area contributed by atoms with Crippen molar-refractivity contribution in [3.63, 3.8) is 0 Å². The van der Waals surface area contributed by atoms with Gasteiger partial charge in [0.2, 0.25) is 0 Å². The molecule has 0 aromatic heterocycles. The highest BCUT2D eigenvalue weighted by Gasteiger charge is 2.30. The minimum atomic E-state index is -0.473. The molecule has 1 atom stereocenters. The molecule has 1 aromatic rings.